The summed E-state index contributed by atoms with van der Waals surface area (Å²) in [5, 5.41) is 28.4. The molecule has 0 aliphatic carbocycles. The van der Waals surface area contributed by atoms with Gasteiger partial charge in [0.1, 0.15) is 17.4 Å². The number of fused-ring (bicyclic) bond motifs is 1. The minimum atomic E-state index is -1.10. The smallest absolute Gasteiger partial charge is 0.273 e. The van der Waals surface area contributed by atoms with Crippen LogP contribution in [0.2, 0.25) is 0 Å². The van der Waals surface area contributed by atoms with Crippen molar-refractivity contribution in [1.29, 1.82) is 0 Å². The third kappa shape index (κ3) is 5.43. The van der Waals surface area contributed by atoms with Gasteiger partial charge in [-0.15, -0.1) is 0 Å². The summed E-state index contributed by atoms with van der Waals surface area (Å²) >= 11 is 0. The van der Waals surface area contributed by atoms with Gasteiger partial charge in [-0.2, -0.15) is 5.10 Å². The molecular formula is C22H31FN4O5. The molecule has 10 heteroatoms. The van der Waals surface area contributed by atoms with Crippen LogP contribution in [0.5, 0.6) is 0 Å². The van der Waals surface area contributed by atoms with Crippen LogP contribution >= 0.6 is 0 Å². The number of amides is 2. The monoisotopic (exact) mass is 450 g/mol. The number of aliphatic hydroxyl groups is 2. The van der Waals surface area contributed by atoms with Crippen LogP contribution in [0.4, 0.5) is 4.39 Å². The number of aromatic nitrogens is 2. The molecule has 2 amide bonds. The summed E-state index contributed by atoms with van der Waals surface area (Å²) < 4.78 is 21.7. The third-order valence-corrected chi connectivity index (χ3v) is 5.46. The van der Waals surface area contributed by atoms with Gasteiger partial charge in [0, 0.05) is 18.5 Å². The first-order valence-corrected chi connectivity index (χ1v) is 10.8. The number of nitrogens with zero attached hydrogens (tertiary/aromatic N) is 2. The van der Waals surface area contributed by atoms with Gasteiger partial charge < -0.3 is 25.6 Å². The summed E-state index contributed by atoms with van der Waals surface area (Å²) in [7, 11) is 0. The van der Waals surface area contributed by atoms with E-state index in [0.717, 1.165) is 12.8 Å². The zero-order valence-electron chi connectivity index (χ0n) is 18.6. The highest BCUT2D eigenvalue weighted by molar-refractivity contribution is 6.06. The largest absolute Gasteiger partial charge is 0.394 e. The van der Waals surface area contributed by atoms with E-state index < -0.39 is 41.8 Å². The molecule has 4 N–H and O–H groups in total. The molecule has 1 fully saturated rings. The maximum atomic E-state index is 14.6. The number of benzene rings is 1. The third-order valence-electron chi connectivity index (χ3n) is 5.46. The standard InChI is InChI=1S/C22H31FN4O5/c1-22(2,3)19(21(31)24-10-13(29)12-28)25-20(30)17-15-7-4-8-16(23)18(15)27(26-17)11-14-6-5-9-32-14/h4,7-8,13-14,19,28-29H,5-6,9-12H2,1-3H3,(H,24,31)(H,25,30). The minimum Gasteiger partial charge on any atom is -0.394 e. The first-order chi connectivity index (χ1) is 15.1. The molecule has 3 rings (SSSR count). The lowest BCUT2D eigenvalue weighted by Gasteiger charge is -2.30. The minimum absolute atomic E-state index is 0.0231. The van der Waals surface area contributed by atoms with Crippen LogP contribution in [-0.4, -0.2) is 69.8 Å². The fourth-order valence-corrected chi connectivity index (χ4v) is 3.73. The highest BCUT2D eigenvalue weighted by Gasteiger charge is 2.34. The van der Waals surface area contributed by atoms with Crippen LogP contribution in [-0.2, 0) is 16.1 Å². The van der Waals surface area contributed by atoms with Crippen LogP contribution < -0.4 is 10.6 Å². The first kappa shape index (κ1) is 24.1. The number of halogens is 1. The van der Waals surface area contributed by atoms with Crippen LogP contribution in [0.1, 0.15) is 44.1 Å². The zero-order valence-corrected chi connectivity index (χ0v) is 18.6. The van der Waals surface area contributed by atoms with E-state index in [1.165, 1.54) is 16.8 Å². The molecule has 9 nitrogen and oxygen atoms in total. The SMILES string of the molecule is CC(C)(C)C(NC(=O)c1nn(CC2CCCO2)c2c(F)cccc12)C(=O)NCC(O)CO. The predicted octanol–water partition coefficient (Wildman–Crippen LogP) is 0.968. The molecule has 1 saturated heterocycles. The Morgan fingerprint density at radius 3 is 2.75 bits per heavy atom. The fraction of sp³-hybridized carbons (Fsp3) is 0.591. The Hall–Kier alpha value is -2.56. The van der Waals surface area contributed by atoms with Gasteiger partial charge in [0.15, 0.2) is 5.69 Å². The Balaban J connectivity index is 1.87. The zero-order chi connectivity index (χ0) is 23.5. The van der Waals surface area contributed by atoms with Gasteiger partial charge in [-0.3, -0.25) is 14.3 Å². The maximum absolute atomic E-state index is 14.6. The van der Waals surface area contributed by atoms with Crippen molar-refractivity contribution in [3.63, 3.8) is 0 Å². The summed E-state index contributed by atoms with van der Waals surface area (Å²) in [6.45, 7) is 5.68. The second kappa shape index (κ2) is 9.93. The first-order valence-electron chi connectivity index (χ1n) is 10.8. The van der Waals surface area contributed by atoms with E-state index >= 15 is 0 Å². The molecular weight excluding hydrogens is 419 g/mol. The molecule has 1 aromatic heterocycles. The van der Waals surface area contributed by atoms with Gasteiger partial charge in [0.25, 0.3) is 5.91 Å². The van der Waals surface area contributed by atoms with E-state index in [1.807, 2.05) is 0 Å². The fourth-order valence-electron chi connectivity index (χ4n) is 3.73. The number of rotatable bonds is 8. The van der Waals surface area contributed by atoms with Gasteiger partial charge >= 0.3 is 0 Å². The van der Waals surface area contributed by atoms with E-state index in [2.05, 4.69) is 15.7 Å². The molecule has 3 unspecified atom stereocenters. The quantitative estimate of drug-likeness (QED) is 0.475. The Bertz CT molecular complexity index is 965. The summed E-state index contributed by atoms with van der Waals surface area (Å²) in [5.41, 5.74) is -0.420. The number of nitrogens with one attached hydrogen (secondary N) is 2. The van der Waals surface area contributed by atoms with Crippen molar-refractivity contribution in [2.24, 2.45) is 5.41 Å². The van der Waals surface area contributed by atoms with Gasteiger partial charge in [-0.25, -0.2) is 4.39 Å². The number of aliphatic hydroxyl groups excluding tert-OH is 2. The number of carbonyl (C=O) groups excluding carboxylic acids is 2. The van der Waals surface area contributed by atoms with E-state index in [9.17, 15) is 19.1 Å². The van der Waals surface area contributed by atoms with Crippen molar-refractivity contribution in [3.8, 4) is 0 Å². The van der Waals surface area contributed by atoms with Crippen molar-refractivity contribution < 1.29 is 28.9 Å². The molecule has 2 heterocycles. The summed E-state index contributed by atoms with van der Waals surface area (Å²) in [5.74, 6) is -1.60. The number of hydrogen-bond acceptors (Lipinski definition) is 6. The summed E-state index contributed by atoms with van der Waals surface area (Å²) in [4.78, 5) is 25.9. The van der Waals surface area contributed by atoms with Gasteiger partial charge in [0.05, 0.1) is 25.4 Å². The lowest BCUT2D eigenvalue weighted by Crippen LogP contribution is -2.54. The molecule has 1 aromatic carbocycles. The second-order valence-electron chi connectivity index (χ2n) is 9.16. The van der Waals surface area contributed by atoms with E-state index in [1.54, 1.807) is 26.8 Å². The molecule has 0 radical (unpaired) electrons. The van der Waals surface area contributed by atoms with Crippen molar-refractivity contribution in [3.05, 3.63) is 29.7 Å². The topological polar surface area (TPSA) is 126 Å². The van der Waals surface area contributed by atoms with E-state index in [-0.39, 0.29) is 23.9 Å². The van der Waals surface area contributed by atoms with E-state index in [4.69, 9.17) is 9.84 Å². The molecule has 0 spiro atoms. The Labute approximate surface area is 185 Å². The number of hydrogen-bond donors (Lipinski definition) is 4. The Kier molecular flexibility index (Phi) is 7.47. The molecule has 2 aromatic rings. The van der Waals surface area contributed by atoms with Crippen molar-refractivity contribution in [1.82, 2.24) is 20.4 Å². The van der Waals surface area contributed by atoms with Crippen LogP contribution in [0.25, 0.3) is 10.9 Å². The van der Waals surface area contributed by atoms with Gasteiger partial charge in [-0.05, 0) is 24.3 Å². The molecule has 32 heavy (non-hydrogen) atoms. The Morgan fingerprint density at radius 1 is 1.38 bits per heavy atom. The van der Waals surface area contributed by atoms with Gasteiger partial charge in [0.2, 0.25) is 5.91 Å². The van der Waals surface area contributed by atoms with Crippen molar-refractivity contribution >= 4 is 22.7 Å². The maximum Gasteiger partial charge on any atom is 0.273 e. The molecule has 176 valence electrons. The van der Waals surface area contributed by atoms with Crippen molar-refractivity contribution in [2.45, 2.75) is 58.4 Å². The molecule has 1 aliphatic rings. The second-order valence-corrected chi connectivity index (χ2v) is 9.16. The van der Waals surface area contributed by atoms with E-state index in [0.29, 0.717) is 18.5 Å². The lowest BCUT2D eigenvalue weighted by molar-refractivity contribution is -0.125. The van der Waals surface area contributed by atoms with Crippen molar-refractivity contribution in [2.75, 3.05) is 19.8 Å². The average molecular weight is 451 g/mol. The summed E-state index contributed by atoms with van der Waals surface area (Å²) in [6.07, 6.45) is 0.562. The Morgan fingerprint density at radius 2 is 2.12 bits per heavy atom. The van der Waals surface area contributed by atoms with Crippen LogP contribution in [0.3, 0.4) is 0 Å². The highest BCUT2D eigenvalue weighted by atomic mass is 19.1. The molecule has 1 aliphatic heterocycles. The normalized spacial score (nSPS) is 18.5. The highest BCUT2D eigenvalue weighted by Crippen LogP contribution is 2.25. The molecule has 0 saturated carbocycles. The van der Waals surface area contributed by atoms with Gasteiger partial charge in [-0.1, -0.05) is 32.9 Å². The number of carbonyl (C=O) groups is 2. The predicted molar refractivity (Wildman–Crippen MR) is 115 cm³/mol. The molecule has 3 atom stereocenters. The van der Waals surface area contributed by atoms with Crippen LogP contribution in [0.15, 0.2) is 18.2 Å². The number of para-hydroxylation sites is 1. The van der Waals surface area contributed by atoms with Crippen LogP contribution in [0, 0.1) is 11.2 Å². The molecule has 0 bridgehead atoms. The summed E-state index contributed by atoms with van der Waals surface area (Å²) in [6, 6.07) is 3.50. The average Bonchev–Trinajstić information content (AvgIpc) is 3.38. The lowest BCUT2D eigenvalue weighted by atomic mass is 9.86. The number of ether oxygens (including phenoxy) is 1.